The predicted molar refractivity (Wildman–Crippen MR) is 123 cm³/mol. The first-order valence-electron chi connectivity index (χ1n) is 10.7. The van der Waals surface area contributed by atoms with Crippen molar-refractivity contribution in [2.75, 3.05) is 14.2 Å². The van der Waals surface area contributed by atoms with Crippen LogP contribution in [0.4, 0.5) is 0 Å². The number of benzene rings is 3. The third-order valence-corrected chi connectivity index (χ3v) is 6.35. The molecule has 0 heterocycles. The Balaban J connectivity index is 2.01. The molecule has 3 aromatic carbocycles. The highest BCUT2D eigenvalue weighted by Gasteiger charge is 2.20. The summed E-state index contributed by atoms with van der Waals surface area (Å²) in [6.45, 7) is -0.381. The van der Waals surface area contributed by atoms with Crippen LogP contribution in [0.3, 0.4) is 0 Å². The van der Waals surface area contributed by atoms with E-state index in [0.29, 0.717) is 53.0 Å². The molecule has 170 valence electrons. The first-order valence-corrected chi connectivity index (χ1v) is 10.7. The average molecular weight is 446 g/mol. The van der Waals surface area contributed by atoms with Crippen LogP contribution in [0, 0.1) is 0 Å². The molecule has 0 bridgehead atoms. The summed E-state index contributed by atoms with van der Waals surface area (Å²) in [4.78, 5) is 23.3. The van der Waals surface area contributed by atoms with Crippen molar-refractivity contribution in [1.29, 1.82) is 0 Å². The Morgan fingerprint density at radius 3 is 1.55 bits per heavy atom. The molecule has 0 fully saturated rings. The predicted octanol–water partition coefficient (Wildman–Crippen LogP) is 3.40. The number of methoxy groups -OCH3 is 2. The number of aliphatic hydroxyl groups excluding tert-OH is 2. The maximum absolute atomic E-state index is 11.7. The standard InChI is InChI=1S/C27H26O6/c1-32-26-10-20-4-16-6-22(12-28)23(13-29)7-17(16)5-21-11-27(33-2)25(15-31)9-19(21)3-18(20)8-24(26)14-30/h6-12,14,29,31H,3-5,13,15H2,1-2H3. The first kappa shape index (κ1) is 22.7. The van der Waals surface area contributed by atoms with Gasteiger partial charge < -0.3 is 19.7 Å². The molecule has 0 spiro atoms. The molecular weight excluding hydrogens is 420 g/mol. The van der Waals surface area contributed by atoms with Gasteiger partial charge in [-0.3, -0.25) is 9.59 Å². The molecular formula is C27H26O6. The van der Waals surface area contributed by atoms with Gasteiger partial charge in [0.1, 0.15) is 17.8 Å². The van der Waals surface area contributed by atoms with Gasteiger partial charge in [-0.05, 0) is 88.5 Å². The summed E-state index contributed by atoms with van der Waals surface area (Å²) in [5.74, 6) is 1.10. The van der Waals surface area contributed by atoms with Crippen LogP contribution in [-0.4, -0.2) is 37.0 Å². The normalized spacial score (nSPS) is 12.4. The van der Waals surface area contributed by atoms with Crippen molar-refractivity contribution < 1.29 is 29.3 Å². The molecule has 0 saturated heterocycles. The van der Waals surface area contributed by atoms with E-state index in [2.05, 4.69) is 0 Å². The van der Waals surface area contributed by atoms with E-state index in [-0.39, 0.29) is 13.2 Å². The molecule has 4 rings (SSSR count). The molecule has 1 aliphatic carbocycles. The highest BCUT2D eigenvalue weighted by molar-refractivity contribution is 5.81. The van der Waals surface area contributed by atoms with Crippen molar-refractivity contribution in [3.63, 3.8) is 0 Å². The van der Waals surface area contributed by atoms with Crippen LogP contribution < -0.4 is 9.47 Å². The van der Waals surface area contributed by atoms with Gasteiger partial charge in [-0.25, -0.2) is 0 Å². The van der Waals surface area contributed by atoms with Gasteiger partial charge in [0.05, 0.1) is 33.0 Å². The minimum absolute atomic E-state index is 0.153. The molecule has 6 nitrogen and oxygen atoms in total. The second-order valence-electron chi connectivity index (χ2n) is 8.20. The molecule has 2 N–H and O–H groups in total. The van der Waals surface area contributed by atoms with Crippen LogP contribution in [0.5, 0.6) is 11.5 Å². The van der Waals surface area contributed by atoms with E-state index in [1.807, 2.05) is 36.4 Å². The van der Waals surface area contributed by atoms with Crippen LogP contribution >= 0.6 is 0 Å². The number of ether oxygens (including phenoxy) is 2. The molecule has 3 aromatic rings. The van der Waals surface area contributed by atoms with E-state index >= 15 is 0 Å². The lowest BCUT2D eigenvalue weighted by Crippen LogP contribution is -2.04. The van der Waals surface area contributed by atoms with E-state index < -0.39 is 0 Å². The summed E-state index contributed by atoms with van der Waals surface area (Å²) in [6.07, 6.45) is 3.23. The van der Waals surface area contributed by atoms with Crippen molar-refractivity contribution in [2.24, 2.45) is 0 Å². The molecule has 0 radical (unpaired) electrons. The summed E-state index contributed by atoms with van der Waals surface area (Å²) < 4.78 is 10.9. The Morgan fingerprint density at radius 1 is 0.636 bits per heavy atom. The summed E-state index contributed by atoms with van der Waals surface area (Å²) in [7, 11) is 3.10. The number of aldehydes is 2. The quantitative estimate of drug-likeness (QED) is 0.441. The lowest BCUT2D eigenvalue weighted by molar-refractivity contribution is 0.111. The fourth-order valence-corrected chi connectivity index (χ4v) is 4.60. The van der Waals surface area contributed by atoms with Crippen molar-refractivity contribution in [1.82, 2.24) is 0 Å². The zero-order valence-electron chi connectivity index (χ0n) is 18.7. The molecule has 0 unspecified atom stereocenters. The van der Waals surface area contributed by atoms with Crippen LogP contribution in [0.2, 0.25) is 0 Å². The van der Waals surface area contributed by atoms with Gasteiger partial charge in [0.2, 0.25) is 0 Å². The van der Waals surface area contributed by atoms with E-state index in [0.717, 1.165) is 46.0 Å². The molecule has 0 atom stereocenters. The highest BCUT2D eigenvalue weighted by atomic mass is 16.5. The lowest BCUT2D eigenvalue weighted by atomic mass is 9.90. The Kier molecular flexibility index (Phi) is 6.58. The number of rotatable bonds is 6. The van der Waals surface area contributed by atoms with E-state index in [9.17, 15) is 19.8 Å². The monoisotopic (exact) mass is 446 g/mol. The van der Waals surface area contributed by atoms with Crippen molar-refractivity contribution in [3.8, 4) is 11.5 Å². The van der Waals surface area contributed by atoms with Gasteiger partial charge in [0.25, 0.3) is 0 Å². The van der Waals surface area contributed by atoms with Gasteiger partial charge in [0.15, 0.2) is 6.29 Å². The molecule has 33 heavy (non-hydrogen) atoms. The fraction of sp³-hybridized carbons (Fsp3) is 0.259. The SMILES string of the molecule is COc1cc2c(cc1C=O)Cc1cc(CO)c(OC)cc1Cc1cc(CO)c(C=O)cc1C2. The minimum atomic E-state index is -0.228. The number of hydrogen-bond acceptors (Lipinski definition) is 6. The Labute approximate surface area is 192 Å². The molecule has 0 saturated carbocycles. The van der Waals surface area contributed by atoms with Gasteiger partial charge in [-0.15, -0.1) is 0 Å². The molecule has 0 aromatic heterocycles. The van der Waals surface area contributed by atoms with Gasteiger partial charge >= 0.3 is 0 Å². The number of fused-ring (bicyclic) bond motifs is 3. The fourth-order valence-electron chi connectivity index (χ4n) is 4.60. The van der Waals surface area contributed by atoms with Crippen molar-refractivity contribution in [3.05, 3.63) is 92.0 Å². The average Bonchev–Trinajstić information content (AvgIpc) is 2.90. The largest absolute Gasteiger partial charge is 0.496 e. The van der Waals surface area contributed by atoms with Gasteiger partial charge in [-0.1, -0.05) is 6.07 Å². The van der Waals surface area contributed by atoms with Crippen molar-refractivity contribution >= 4 is 12.6 Å². The number of aliphatic hydroxyl groups is 2. The van der Waals surface area contributed by atoms with Gasteiger partial charge in [0, 0.05) is 11.1 Å². The van der Waals surface area contributed by atoms with Crippen molar-refractivity contribution in [2.45, 2.75) is 32.5 Å². The number of carbonyl (C=O) groups is 2. The summed E-state index contributed by atoms with van der Waals surface area (Å²) in [5, 5.41) is 19.7. The van der Waals surface area contributed by atoms with E-state index in [1.165, 1.54) is 7.11 Å². The van der Waals surface area contributed by atoms with Crippen LogP contribution in [-0.2, 0) is 32.5 Å². The number of hydrogen-bond donors (Lipinski definition) is 2. The zero-order chi connectivity index (χ0) is 23.5. The van der Waals surface area contributed by atoms with Crippen LogP contribution in [0.1, 0.15) is 65.2 Å². The second-order valence-corrected chi connectivity index (χ2v) is 8.20. The van der Waals surface area contributed by atoms with E-state index in [1.54, 1.807) is 7.11 Å². The maximum Gasteiger partial charge on any atom is 0.153 e. The summed E-state index contributed by atoms with van der Waals surface area (Å²) in [5.41, 5.74) is 8.16. The van der Waals surface area contributed by atoms with Crippen LogP contribution in [0.15, 0.2) is 36.4 Å². The first-order chi connectivity index (χ1) is 16.0. The molecule has 1 aliphatic rings. The summed E-state index contributed by atoms with van der Waals surface area (Å²) >= 11 is 0. The smallest absolute Gasteiger partial charge is 0.153 e. The molecule has 0 amide bonds. The maximum atomic E-state index is 11.7. The topological polar surface area (TPSA) is 93.1 Å². The lowest BCUT2D eigenvalue weighted by Gasteiger charge is -2.16. The van der Waals surface area contributed by atoms with Gasteiger partial charge in [-0.2, -0.15) is 0 Å². The molecule has 6 heteroatoms. The van der Waals surface area contributed by atoms with Crippen LogP contribution in [0.25, 0.3) is 0 Å². The molecule has 0 aliphatic heterocycles. The third-order valence-electron chi connectivity index (χ3n) is 6.35. The Hall–Kier alpha value is -3.48. The number of carbonyl (C=O) groups excluding carboxylic acids is 2. The zero-order valence-corrected chi connectivity index (χ0v) is 18.7. The third kappa shape index (κ3) is 4.27. The second kappa shape index (κ2) is 9.57. The highest BCUT2D eigenvalue weighted by Crippen LogP contribution is 2.34. The van der Waals surface area contributed by atoms with E-state index in [4.69, 9.17) is 9.47 Å². The minimum Gasteiger partial charge on any atom is -0.496 e. The Morgan fingerprint density at radius 2 is 1.06 bits per heavy atom. The summed E-state index contributed by atoms with van der Waals surface area (Å²) in [6, 6.07) is 11.3. The Bertz CT molecular complexity index is 1210.